The van der Waals surface area contributed by atoms with E-state index in [-0.39, 0.29) is 0 Å². The van der Waals surface area contributed by atoms with Gasteiger partial charge in [-0.05, 0) is 34.8 Å². The van der Waals surface area contributed by atoms with Crippen LogP contribution in [0.1, 0.15) is 18.4 Å². The molecule has 0 nitrogen and oxygen atoms in total. The van der Waals surface area contributed by atoms with E-state index < -0.39 is 0 Å². The number of hydrogen-bond donors (Lipinski definition) is 0. The summed E-state index contributed by atoms with van der Waals surface area (Å²) >= 11 is 0. The molecule has 0 heterocycles. The third-order valence-corrected chi connectivity index (χ3v) is 3.15. The van der Waals surface area contributed by atoms with Crippen molar-refractivity contribution in [3.05, 3.63) is 66.3 Å². The average Bonchev–Trinajstić information content (AvgIpc) is 2.39. The van der Waals surface area contributed by atoms with Gasteiger partial charge in [-0.25, -0.2) is 0 Å². The molecule has 0 unspecified atom stereocenters. The maximum absolute atomic E-state index is 2.24. The lowest BCUT2D eigenvalue weighted by molar-refractivity contribution is 1.06. The van der Waals surface area contributed by atoms with Crippen molar-refractivity contribution >= 4 is 16.3 Å². The summed E-state index contributed by atoms with van der Waals surface area (Å²) in [6, 6.07) is 15.2. The summed E-state index contributed by atoms with van der Waals surface area (Å²) in [7, 11) is 0. The third-order valence-electron chi connectivity index (χ3n) is 3.15. The van der Waals surface area contributed by atoms with Gasteiger partial charge in [0.05, 0.1) is 0 Å². The van der Waals surface area contributed by atoms with Crippen LogP contribution in [0.3, 0.4) is 0 Å². The smallest absolute Gasteiger partial charge is 0.0109 e. The topological polar surface area (TPSA) is 0 Å². The predicted octanol–water partition coefficient (Wildman–Crippen LogP) is 4.57. The highest BCUT2D eigenvalue weighted by molar-refractivity contribution is 5.94. The van der Waals surface area contributed by atoms with Crippen LogP contribution in [-0.4, -0.2) is 0 Å². The van der Waals surface area contributed by atoms with Crippen molar-refractivity contribution in [2.24, 2.45) is 0 Å². The molecule has 0 radical (unpaired) electrons. The zero-order valence-corrected chi connectivity index (χ0v) is 9.19. The first-order valence-electron chi connectivity index (χ1n) is 5.79. The fourth-order valence-electron chi connectivity index (χ4n) is 2.33. The molecule has 3 rings (SSSR count). The second-order valence-electron chi connectivity index (χ2n) is 4.19. The normalized spacial score (nSPS) is 15.1. The van der Waals surface area contributed by atoms with E-state index in [2.05, 4.69) is 60.7 Å². The Morgan fingerprint density at radius 3 is 2.62 bits per heavy atom. The molecule has 0 saturated carbocycles. The van der Waals surface area contributed by atoms with Crippen LogP contribution in [-0.2, 0) is 0 Å². The van der Waals surface area contributed by atoms with Crippen molar-refractivity contribution in [1.29, 1.82) is 0 Å². The van der Waals surface area contributed by atoms with E-state index in [1.807, 2.05) is 0 Å². The van der Waals surface area contributed by atoms with Crippen molar-refractivity contribution in [2.45, 2.75) is 12.8 Å². The predicted molar refractivity (Wildman–Crippen MR) is 70.3 cm³/mol. The SMILES string of the molecule is C1=CCCC(c2cccc3ccccc23)=C1. The van der Waals surface area contributed by atoms with Crippen LogP contribution >= 0.6 is 0 Å². The summed E-state index contributed by atoms with van der Waals surface area (Å²) in [4.78, 5) is 0. The van der Waals surface area contributed by atoms with Gasteiger partial charge in [-0.15, -0.1) is 0 Å². The second kappa shape index (κ2) is 3.97. The number of fused-ring (bicyclic) bond motifs is 1. The number of allylic oxidation sites excluding steroid dienone is 4. The Morgan fingerprint density at radius 1 is 0.875 bits per heavy atom. The maximum Gasteiger partial charge on any atom is -0.0109 e. The van der Waals surface area contributed by atoms with Crippen LogP contribution in [0, 0.1) is 0 Å². The first-order valence-corrected chi connectivity index (χ1v) is 5.79. The lowest BCUT2D eigenvalue weighted by Gasteiger charge is -2.12. The molecular formula is C16H14. The molecule has 0 bridgehead atoms. The lowest BCUT2D eigenvalue weighted by atomic mass is 9.93. The van der Waals surface area contributed by atoms with Gasteiger partial charge in [0.2, 0.25) is 0 Å². The molecule has 0 amide bonds. The monoisotopic (exact) mass is 206 g/mol. The Morgan fingerprint density at radius 2 is 1.75 bits per heavy atom. The summed E-state index contributed by atoms with van der Waals surface area (Å²) in [6.07, 6.45) is 8.96. The molecule has 0 aliphatic heterocycles. The van der Waals surface area contributed by atoms with Gasteiger partial charge in [0.25, 0.3) is 0 Å². The van der Waals surface area contributed by atoms with Crippen LogP contribution in [0.2, 0.25) is 0 Å². The van der Waals surface area contributed by atoms with E-state index in [9.17, 15) is 0 Å². The molecule has 0 aromatic heterocycles. The highest BCUT2D eigenvalue weighted by Gasteiger charge is 2.06. The average molecular weight is 206 g/mol. The van der Waals surface area contributed by atoms with Crippen LogP contribution in [0.4, 0.5) is 0 Å². The van der Waals surface area contributed by atoms with Gasteiger partial charge in [0, 0.05) is 0 Å². The molecule has 78 valence electrons. The fraction of sp³-hybridized carbons (Fsp3) is 0.125. The number of hydrogen-bond acceptors (Lipinski definition) is 0. The lowest BCUT2D eigenvalue weighted by Crippen LogP contribution is -1.89. The largest absolute Gasteiger partial charge is 0.0842 e. The molecule has 1 aliphatic carbocycles. The highest BCUT2D eigenvalue weighted by atomic mass is 14.1. The van der Waals surface area contributed by atoms with Crippen LogP contribution < -0.4 is 0 Å². The van der Waals surface area contributed by atoms with E-state index in [1.165, 1.54) is 21.9 Å². The van der Waals surface area contributed by atoms with Crippen molar-refractivity contribution in [1.82, 2.24) is 0 Å². The molecule has 1 aliphatic rings. The summed E-state index contributed by atoms with van der Waals surface area (Å²) in [6.45, 7) is 0. The molecule has 0 fully saturated rings. The first kappa shape index (κ1) is 9.41. The zero-order chi connectivity index (χ0) is 10.8. The molecule has 2 aromatic carbocycles. The van der Waals surface area contributed by atoms with E-state index in [4.69, 9.17) is 0 Å². The minimum atomic E-state index is 1.16. The van der Waals surface area contributed by atoms with Crippen molar-refractivity contribution < 1.29 is 0 Å². The van der Waals surface area contributed by atoms with Crippen LogP contribution in [0.25, 0.3) is 16.3 Å². The number of rotatable bonds is 1. The van der Waals surface area contributed by atoms with E-state index in [0.29, 0.717) is 0 Å². The van der Waals surface area contributed by atoms with Gasteiger partial charge in [0.15, 0.2) is 0 Å². The van der Waals surface area contributed by atoms with Gasteiger partial charge in [-0.1, -0.05) is 60.7 Å². The molecule has 2 aromatic rings. The quantitative estimate of drug-likeness (QED) is 0.641. The zero-order valence-electron chi connectivity index (χ0n) is 9.19. The maximum atomic E-state index is 2.24. The van der Waals surface area contributed by atoms with E-state index in [1.54, 1.807) is 0 Å². The minimum absolute atomic E-state index is 1.16. The summed E-state index contributed by atoms with van der Waals surface area (Å²) in [5.41, 5.74) is 2.85. The Kier molecular flexibility index (Phi) is 2.34. The Balaban J connectivity index is 2.23. The molecule has 0 heteroatoms. The standard InChI is InChI=1S/C16H14/c1-2-7-13(8-3-1)16-12-6-10-14-9-4-5-11-15(14)16/h1-2,4-7,9-12H,3,8H2. The molecule has 0 saturated heterocycles. The molecule has 0 spiro atoms. The fourth-order valence-corrected chi connectivity index (χ4v) is 2.33. The summed E-state index contributed by atoms with van der Waals surface area (Å²) in [5, 5.41) is 2.70. The highest BCUT2D eigenvalue weighted by Crippen LogP contribution is 2.29. The Bertz CT molecular complexity index is 568. The van der Waals surface area contributed by atoms with Crippen molar-refractivity contribution in [3.63, 3.8) is 0 Å². The second-order valence-corrected chi connectivity index (χ2v) is 4.19. The molecule has 0 N–H and O–H groups in total. The van der Waals surface area contributed by atoms with Gasteiger partial charge in [-0.3, -0.25) is 0 Å². The Labute approximate surface area is 95.9 Å². The van der Waals surface area contributed by atoms with E-state index in [0.717, 1.165) is 12.8 Å². The first-order chi connectivity index (χ1) is 7.95. The summed E-state index contributed by atoms with van der Waals surface area (Å²) < 4.78 is 0. The van der Waals surface area contributed by atoms with E-state index >= 15 is 0 Å². The van der Waals surface area contributed by atoms with Crippen molar-refractivity contribution in [3.8, 4) is 0 Å². The van der Waals surface area contributed by atoms with Gasteiger partial charge >= 0.3 is 0 Å². The van der Waals surface area contributed by atoms with Gasteiger partial charge in [-0.2, -0.15) is 0 Å². The van der Waals surface area contributed by atoms with Gasteiger partial charge in [0.1, 0.15) is 0 Å². The third kappa shape index (κ3) is 1.57. The van der Waals surface area contributed by atoms with Crippen LogP contribution in [0.15, 0.2) is 60.7 Å². The molecule has 0 atom stereocenters. The number of benzene rings is 2. The van der Waals surface area contributed by atoms with Crippen molar-refractivity contribution in [2.75, 3.05) is 0 Å². The molecular weight excluding hydrogens is 192 g/mol. The van der Waals surface area contributed by atoms with Gasteiger partial charge < -0.3 is 0 Å². The van der Waals surface area contributed by atoms with Crippen LogP contribution in [0.5, 0.6) is 0 Å². The Hall–Kier alpha value is -1.82. The molecule has 16 heavy (non-hydrogen) atoms. The summed E-state index contributed by atoms with van der Waals surface area (Å²) in [5.74, 6) is 0. The minimum Gasteiger partial charge on any atom is -0.0842 e.